The summed E-state index contributed by atoms with van der Waals surface area (Å²) in [5.74, 6) is -0.315. The topological polar surface area (TPSA) is 52.9 Å². The molecule has 0 amide bonds. The maximum atomic E-state index is 13.7. The van der Waals surface area contributed by atoms with E-state index in [1.807, 2.05) is 11.8 Å². The van der Waals surface area contributed by atoms with Gasteiger partial charge >= 0.3 is 0 Å². The van der Waals surface area contributed by atoms with Gasteiger partial charge in [0.1, 0.15) is 5.82 Å². The van der Waals surface area contributed by atoms with Crippen LogP contribution in [0.3, 0.4) is 0 Å². The summed E-state index contributed by atoms with van der Waals surface area (Å²) in [5, 5.41) is 19.2. The highest BCUT2D eigenvalue weighted by Gasteiger charge is 2.27. The molecule has 1 aliphatic heterocycles. The molecule has 1 fully saturated rings. The van der Waals surface area contributed by atoms with Gasteiger partial charge in [-0.15, -0.1) is 0 Å². The zero-order valence-corrected chi connectivity index (χ0v) is 12.1. The van der Waals surface area contributed by atoms with E-state index in [0.717, 1.165) is 5.69 Å². The minimum absolute atomic E-state index is 0.0203. The summed E-state index contributed by atoms with van der Waals surface area (Å²) in [6.07, 6.45) is -1.02. The van der Waals surface area contributed by atoms with Crippen LogP contribution in [0.4, 0.5) is 10.1 Å². The largest absolute Gasteiger partial charge is 0.394 e. The van der Waals surface area contributed by atoms with Crippen LogP contribution >= 0.6 is 0 Å². The van der Waals surface area contributed by atoms with E-state index in [1.165, 1.54) is 6.07 Å². The van der Waals surface area contributed by atoms with Gasteiger partial charge in [-0.3, -0.25) is 0 Å². The smallest absolute Gasteiger partial charge is 0.126 e. The zero-order valence-electron chi connectivity index (χ0n) is 12.1. The fourth-order valence-corrected chi connectivity index (χ4v) is 2.63. The summed E-state index contributed by atoms with van der Waals surface area (Å²) >= 11 is 0. The first-order valence-corrected chi connectivity index (χ1v) is 6.91. The predicted octanol–water partition coefficient (Wildman–Crippen LogP) is 1.77. The van der Waals surface area contributed by atoms with Crippen LogP contribution < -0.4 is 4.90 Å². The lowest BCUT2D eigenvalue weighted by Gasteiger charge is -2.39. The molecule has 5 heteroatoms. The molecule has 112 valence electrons. The minimum Gasteiger partial charge on any atom is -0.394 e. The number of morpholine rings is 1. The Labute approximate surface area is 118 Å². The molecule has 2 rings (SSSR count). The highest BCUT2D eigenvalue weighted by atomic mass is 19.1. The summed E-state index contributed by atoms with van der Waals surface area (Å²) in [4.78, 5) is 2.05. The Balaban J connectivity index is 2.37. The van der Waals surface area contributed by atoms with Gasteiger partial charge in [-0.25, -0.2) is 4.39 Å². The second-order valence-corrected chi connectivity index (χ2v) is 5.49. The van der Waals surface area contributed by atoms with Crippen LogP contribution in [-0.4, -0.2) is 42.1 Å². The van der Waals surface area contributed by atoms with Gasteiger partial charge in [0.05, 0.1) is 24.9 Å². The number of aryl methyl sites for hydroxylation is 1. The van der Waals surface area contributed by atoms with E-state index in [4.69, 9.17) is 4.74 Å². The first kappa shape index (κ1) is 15.2. The SMILES string of the molecule is Cc1cc(N2CC(C)OC(CO)C2)c([C@H](C)O)cc1F. The summed E-state index contributed by atoms with van der Waals surface area (Å²) in [7, 11) is 0. The van der Waals surface area contributed by atoms with E-state index >= 15 is 0 Å². The second-order valence-electron chi connectivity index (χ2n) is 5.49. The van der Waals surface area contributed by atoms with Crippen molar-refractivity contribution in [2.45, 2.75) is 39.1 Å². The van der Waals surface area contributed by atoms with E-state index in [9.17, 15) is 14.6 Å². The molecule has 0 aliphatic carbocycles. The third-order valence-corrected chi connectivity index (χ3v) is 3.63. The monoisotopic (exact) mass is 283 g/mol. The number of hydrogen-bond donors (Lipinski definition) is 2. The number of benzene rings is 1. The molecule has 0 spiro atoms. The standard InChI is InChI=1S/C15H22FNO3/c1-9-4-15(13(11(3)19)5-14(9)16)17-6-10(2)20-12(7-17)8-18/h4-5,10-12,18-19H,6-8H2,1-3H3/t10?,11-,12?/m0/s1. The van der Waals surface area contributed by atoms with Crippen molar-refractivity contribution in [2.75, 3.05) is 24.6 Å². The number of aliphatic hydroxyl groups excluding tert-OH is 2. The van der Waals surface area contributed by atoms with Crippen molar-refractivity contribution in [1.82, 2.24) is 0 Å². The molecule has 1 aromatic carbocycles. The van der Waals surface area contributed by atoms with Gasteiger partial charge in [-0.2, -0.15) is 0 Å². The van der Waals surface area contributed by atoms with Crippen molar-refractivity contribution >= 4 is 5.69 Å². The quantitative estimate of drug-likeness (QED) is 0.888. The summed E-state index contributed by atoms with van der Waals surface area (Å²) in [6.45, 7) is 6.41. The van der Waals surface area contributed by atoms with Crippen molar-refractivity contribution in [3.63, 3.8) is 0 Å². The lowest BCUT2D eigenvalue weighted by molar-refractivity contribution is -0.0422. The Hall–Kier alpha value is -1.17. The van der Waals surface area contributed by atoms with Crippen molar-refractivity contribution in [1.29, 1.82) is 0 Å². The van der Waals surface area contributed by atoms with E-state index in [0.29, 0.717) is 24.2 Å². The maximum absolute atomic E-state index is 13.7. The predicted molar refractivity (Wildman–Crippen MR) is 75.4 cm³/mol. The Morgan fingerprint density at radius 3 is 2.75 bits per heavy atom. The molecule has 4 nitrogen and oxygen atoms in total. The van der Waals surface area contributed by atoms with Crippen molar-refractivity contribution in [3.8, 4) is 0 Å². The summed E-state index contributed by atoms with van der Waals surface area (Å²) < 4.78 is 19.3. The molecule has 2 unspecified atom stereocenters. The van der Waals surface area contributed by atoms with Gasteiger partial charge < -0.3 is 19.8 Å². The molecule has 1 aromatic rings. The van der Waals surface area contributed by atoms with Gasteiger partial charge in [-0.1, -0.05) is 0 Å². The average Bonchev–Trinajstić information content (AvgIpc) is 2.40. The minimum atomic E-state index is -0.745. The summed E-state index contributed by atoms with van der Waals surface area (Å²) in [5.41, 5.74) is 1.93. The van der Waals surface area contributed by atoms with Crippen molar-refractivity contribution in [2.24, 2.45) is 0 Å². The molecule has 1 saturated heterocycles. The lowest BCUT2D eigenvalue weighted by Crippen LogP contribution is -2.48. The third kappa shape index (κ3) is 3.11. The van der Waals surface area contributed by atoms with Crippen LogP contribution in [0.2, 0.25) is 0 Å². The molecule has 0 radical (unpaired) electrons. The highest BCUT2D eigenvalue weighted by Crippen LogP contribution is 2.31. The van der Waals surface area contributed by atoms with Crippen LogP contribution in [0.25, 0.3) is 0 Å². The lowest BCUT2D eigenvalue weighted by atomic mass is 10.0. The fraction of sp³-hybridized carbons (Fsp3) is 0.600. The van der Waals surface area contributed by atoms with Crippen LogP contribution in [0.5, 0.6) is 0 Å². The van der Waals surface area contributed by atoms with Gasteiger partial charge in [0.2, 0.25) is 0 Å². The molecule has 3 atom stereocenters. The van der Waals surface area contributed by atoms with Crippen LogP contribution in [0.15, 0.2) is 12.1 Å². The van der Waals surface area contributed by atoms with E-state index in [1.54, 1.807) is 19.9 Å². The second kappa shape index (κ2) is 6.08. The van der Waals surface area contributed by atoms with Crippen molar-refractivity contribution < 1.29 is 19.3 Å². The number of ether oxygens (including phenoxy) is 1. The molecule has 0 aromatic heterocycles. The molecular weight excluding hydrogens is 261 g/mol. The zero-order chi connectivity index (χ0) is 14.9. The maximum Gasteiger partial charge on any atom is 0.126 e. The first-order chi connectivity index (χ1) is 9.42. The van der Waals surface area contributed by atoms with Crippen LogP contribution in [-0.2, 0) is 4.74 Å². The van der Waals surface area contributed by atoms with Crippen molar-refractivity contribution in [3.05, 3.63) is 29.1 Å². The Morgan fingerprint density at radius 1 is 1.45 bits per heavy atom. The van der Waals surface area contributed by atoms with E-state index in [-0.39, 0.29) is 24.6 Å². The van der Waals surface area contributed by atoms with Crippen LogP contribution in [0, 0.1) is 12.7 Å². The number of nitrogens with zero attached hydrogens (tertiary/aromatic N) is 1. The fourth-order valence-electron chi connectivity index (χ4n) is 2.63. The van der Waals surface area contributed by atoms with Gasteiger partial charge in [0.25, 0.3) is 0 Å². The van der Waals surface area contributed by atoms with Gasteiger partial charge in [0, 0.05) is 24.3 Å². The number of aliphatic hydroxyl groups is 2. The molecule has 1 aliphatic rings. The van der Waals surface area contributed by atoms with E-state index in [2.05, 4.69) is 0 Å². The molecule has 20 heavy (non-hydrogen) atoms. The van der Waals surface area contributed by atoms with Gasteiger partial charge in [-0.05, 0) is 38.5 Å². The average molecular weight is 283 g/mol. The number of halogens is 1. The molecule has 1 heterocycles. The Bertz CT molecular complexity index is 478. The normalized spacial score (nSPS) is 24.8. The molecule has 2 N–H and O–H groups in total. The number of anilines is 1. The highest BCUT2D eigenvalue weighted by molar-refractivity contribution is 5.57. The Kier molecular flexibility index (Phi) is 4.62. The molecular formula is C15H22FNO3. The molecule has 0 saturated carbocycles. The van der Waals surface area contributed by atoms with Crippen LogP contribution in [0.1, 0.15) is 31.1 Å². The third-order valence-electron chi connectivity index (χ3n) is 3.63. The number of hydrogen-bond acceptors (Lipinski definition) is 4. The van der Waals surface area contributed by atoms with E-state index < -0.39 is 6.10 Å². The van der Waals surface area contributed by atoms with Gasteiger partial charge in [0.15, 0.2) is 0 Å². The molecule has 0 bridgehead atoms. The first-order valence-electron chi connectivity index (χ1n) is 6.91. The Morgan fingerprint density at radius 2 is 2.15 bits per heavy atom. The number of rotatable bonds is 3. The summed E-state index contributed by atoms with van der Waals surface area (Å²) in [6, 6.07) is 3.15.